The van der Waals surface area contributed by atoms with Crippen LogP contribution in [0, 0.1) is 0 Å². The molecule has 3 aromatic rings. The van der Waals surface area contributed by atoms with Gasteiger partial charge in [-0.1, -0.05) is 13.8 Å². The van der Waals surface area contributed by atoms with Crippen molar-refractivity contribution in [2.45, 2.75) is 25.9 Å². The molecule has 1 unspecified atom stereocenters. The number of hydrogen-bond acceptors (Lipinski definition) is 6. The van der Waals surface area contributed by atoms with Gasteiger partial charge >= 0.3 is 0 Å². The van der Waals surface area contributed by atoms with Crippen molar-refractivity contribution in [3.63, 3.8) is 0 Å². The van der Waals surface area contributed by atoms with E-state index in [4.69, 9.17) is 14.9 Å². The molecule has 0 fully saturated rings. The van der Waals surface area contributed by atoms with Crippen LogP contribution >= 0.6 is 27.3 Å². The number of rotatable bonds is 5. The Morgan fingerprint density at radius 2 is 2.16 bits per heavy atom. The summed E-state index contributed by atoms with van der Waals surface area (Å²) < 4.78 is 11.7. The van der Waals surface area contributed by atoms with Crippen molar-refractivity contribution in [3.8, 4) is 5.75 Å². The Balaban J connectivity index is 1.91. The second kappa shape index (κ2) is 7.19. The lowest BCUT2D eigenvalue weighted by atomic mass is 10.1. The molecule has 132 valence electrons. The van der Waals surface area contributed by atoms with Crippen molar-refractivity contribution in [2.75, 3.05) is 12.8 Å². The minimum absolute atomic E-state index is 0.305. The Morgan fingerprint density at radius 1 is 1.40 bits per heavy atom. The van der Waals surface area contributed by atoms with Crippen LogP contribution in [0.3, 0.4) is 0 Å². The van der Waals surface area contributed by atoms with E-state index in [1.807, 2.05) is 5.38 Å². The van der Waals surface area contributed by atoms with E-state index < -0.39 is 6.10 Å². The number of ether oxygens (including phenoxy) is 1. The van der Waals surface area contributed by atoms with Gasteiger partial charge in [-0.25, -0.2) is 4.98 Å². The Labute approximate surface area is 158 Å². The van der Waals surface area contributed by atoms with Crippen LogP contribution in [0.15, 0.2) is 32.5 Å². The van der Waals surface area contributed by atoms with E-state index in [0.717, 1.165) is 10.7 Å². The molecule has 0 amide bonds. The standard InChI is InChI=1S/C18H19BrN2O3S/c1-9(2)18-21-10(8-25-18)4-5-11(22)17-16(20)14-12(24-17)6-7-13(23-3)15(14)19/h4-9,11,22H,20H2,1-3H3. The number of aliphatic hydroxyl groups is 1. The first-order chi connectivity index (χ1) is 11.9. The van der Waals surface area contributed by atoms with Gasteiger partial charge in [-0.2, -0.15) is 0 Å². The Kier molecular flexibility index (Phi) is 5.17. The largest absolute Gasteiger partial charge is 0.496 e. The fraction of sp³-hybridized carbons (Fsp3) is 0.278. The normalized spacial score (nSPS) is 13.2. The minimum Gasteiger partial charge on any atom is -0.496 e. The number of benzene rings is 1. The maximum atomic E-state index is 10.5. The van der Waals surface area contributed by atoms with Gasteiger partial charge in [0.1, 0.15) is 17.4 Å². The number of nitrogens with two attached hydrogens (primary N) is 1. The average Bonchev–Trinajstić information content (AvgIpc) is 3.18. The maximum absolute atomic E-state index is 10.5. The smallest absolute Gasteiger partial charge is 0.160 e. The molecule has 2 heterocycles. The van der Waals surface area contributed by atoms with Crippen LogP contribution in [0.25, 0.3) is 17.0 Å². The molecule has 1 atom stereocenters. The first-order valence-corrected chi connectivity index (χ1v) is 9.45. The van der Waals surface area contributed by atoms with E-state index in [2.05, 4.69) is 34.8 Å². The van der Waals surface area contributed by atoms with Gasteiger partial charge in [-0.15, -0.1) is 11.3 Å². The number of fused-ring (bicyclic) bond motifs is 1. The summed E-state index contributed by atoms with van der Waals surface area (Å²) >= 11 is 5.08. The third kappa shape index (κ3) is 3.44. The molecule has 0 spiro atoms. The number of aliphatic hydroxyl groups excluding tert-OH is 1. The Morgan fingerprint density at radius 3 is 2.80 bits per heavy atom. The predicted molar refractivity (Wildman–Crippen MR) is 105 cm³/mol. The van der Waals surface area contributed by atoms with Crippen molar-refractivity contribution in [2.24, 2.45) is 0 Å². The molecule has 0 saturated heterocycles. The number of furan rings is 1. The summed E-state index contributed by atoms with van der Waals surface area (Å²) in [5, 5.41) is 14.2. The minimum atomic E-state index is -0.963. The van der Waals surface area contributed by atoms with Crippen LogP contribution in [0.1, 0.15) is 42.3 Å². The molecule has 7 heteroatoms. The van der Waals surface area contributed by atoms with Gasteiger partial charge in [0.2, 0.25) is 0 Å². The highest BCUT2D eigenvalue weighted by Gasteiger charge is 2.20. The summed E-state index contributed by atoms with van der Waals surface area (Å²) in [5.41, 5.74) is 7.98. The quantitative estimate of drug-likeness (QED) is 0.596. The molecule has 0 radical (unpaired) electrons. The van der Waals surface area contributed by atoms with Crippen LogP contribution < -0.4 is 10.5 Å². The van der Waals surface area contributed by atoms with E-state index >= 15 is 0 Å². The van der Waals surface area contributed by atoms with Crippen LogP contribution in [0.4, 0.5) is 5.69 Å². The van der Waals surface area contributed by atoms with Gasteiger partial charge in [0.05, 0.1) is 33.4 Å². The summed E-state index contributed by atoms with van der Waals surface area (Å²) in [6.07, 6.45) is 2.43. The SMILES string of the molecule is COc1ccc2oc(C(O)C=Cc3csc(C(C)C)n3)c(N)c2c1Br. The molecule has 3 rings (SSSR count). The van der Waals surface area contributed by atoms with Gasteiger partial charge in [-0.05, 0) is 40.2 Å². The highest BCUT2D eigenvalue weighted by atomic mass is 79.9. The summed E-state index contributed by atoms with van der Waals surface area (Å²) in [6, 6.07) is 3.55. The van der Waals surface area contributed by atoms with Gasteiger partial charge in [0.15, 0.2) is 5.76 Å². The molecular formula is C18H19BrN2O3S. The molecule has 0 bridgehead atoms. The second-order valence-corrected chi connectivity index (χ2v) is 7.59. The van der Waals surface area contributed by atoms with Crippen molar-refractivity contribution < 1.29 is 14.3 Å². The summed E-state index contributed by atoms with van der Waals surface area (Å²) in [4.78, 5) is 4.51. The maximum Gasteiger partial charge on any atom is 0.160 e. The molecule has 0 aliphatic heterocycles. The molecule has 5 nitrogen and oxygen atoms in total. The van der Waals surface area contributed by atoms with E-state index in [9.17, 15) is 5.11 Å². The van der Waals surface area contributed by atoms with E-state index in [1.165, 1.54) is 0 Å². The molecule has 0 aliphatic carbocycles. The third-order valence-corrected chi connectivity index (χ3v) is 5.75. The zero-order valence-corrected chi connectivity index (χ0v) is 16.5. The lowest BCUT2D eigenvalue weighted by Crippen LogP contribution is -1.96. The molecular weight excluding hydrogens is 404 g/mol. The third-order valence-electron chi connectivity index (χ3n) is 3.79. The number of nitrogens with zero attached hydrogens (tertiary/aromatic N) is 1. The Hall–Kier alpha value is -1.83. The highest BCUT2D eigenvalue weighted by Crippen LogP contribution is 2.41. The lowest BCUT2D eigenvalue weighted by Gasteiger charge is -2.04. The number of halogens is 1. The van der Waals surface area contributed by atoms with Crippen LogP contribution in [-0.4, -0.2) is 17.2 Å². The average molecular weight is 423 g/mol. The van der Waals surface area contributed by atoms with Crippen molar-refractivity contribution in [1.82, 2.24) is 4.98 Å². The van der Waals surface area contributed by atoms with Gasteiger partial charge < -0.3 is 20.0 Å². The van der Waals surface area contributed by atoms with Crippen molar-refractivity contribution in [3.05, 3.63) is 44.5 Å². The molecule has 0 saturated carbocycles. The topological polar surface area (TPSA) is 81.5 Å². The monoisotopic (exact) mass is 422 g/mol. The fourth-order valence-electron chi connectivity index (χ4n) is 2.47. The zero-order valence-electron chi connectivity index (χ0n) is 14.1. The number of methoxy groups -OCH3 is 1. The van der Waals surface area contributed by atoms with Crippen LogP contribution in [0.2, 0.25) is 0 Å². The summed E-state index contributed by atoms with van der Waals surface area (Å²) in [6.45, 7) is 4.20. The van der Waals surface area contributed by atoms with Gasteiger partial charge in [-0.3, -0.25) is 0 Å². The predicted octanol–water partition coefficient (Wildman–Crippen LogP) is 5.11. The first-order valence-electron chi connectivity index (χ1n) is 7.78. The van der Waals surface area contributed by atoms with Crippen LogP contribution in [0.5, 0.6) is 5.75 Å². The molecule has 0 aliphatic rings. The van der Waals surface area contributed by atoms with E-state index in [-0.39, 0.29) is 0 Å². The van der Waals surface area contributed by atoms with Gasteiger partial charge in [0.25, 0.3) is 0 Å². The summed E-state index contributed by atoms with van der Waals surface area (Å²) in [7, 11) is 1.58. The molecule has 1 aromatic carbocycles. The first kappa shape index (κ1) is 18.0. The van der Waals surface area contributed by atoms with Crippen molar-refractivity contribution >= 4 is 50.0 Å². The highest BCUT2D eigenvalue weighted by molar-refractivity contribution is 9.10. The Bertz CT molecular complexity index is 930. The number of thiazole rings is 1. The lowest BCUT2D eigenvalue weighted by molar-refractivity contribution is 0.202. The molecule has 25 heavy (non-hydrogen) atoms. The number of hydrogen-bond donors (Lipinski definition) is 2. The zero-order chi connectivity index (χ0) is 18.1. The fourth-order valence-corrected chi connectivity index (χ4v) is 3.97. The molecule has 2 aromatic heterocycles. The van der Waals surface area contributed by atoms with E-state index in [0.29, 0.717) is 38.6 Å². The number of aromatic nitrogens is 1. The van der Waals surface area contributed by atoms with Gasteiger partial charge in [0, 0.05) is 11.3 Å². The van der Waals surface area contributed by atoms with E-state index in [1.54, 1.807) is 42.7 Å². The molecule has 3 N–H and O–H groups in total. The summed E-state index contributed by atoms with van der Waals surface area (Å²) in [5.74, 6) is 1.34. The number of anilines is 1. The second-order valence-electron chi connectivity index (χ2n) is 5.90. The van der Waals surface area contributed by atoms with Crippen LogP contribution in [-0.2, 0) is 0 Å². The van der Waals surface area contributed by atoms with Crippen molar-refractivity contribution in [1.29, 1.82) is 0 Å². The number of nitrogen functional groups attached to an aromatic ring is 1.